The molecule has 124 valence electrons. The van der Waals surface area contributed by atoms with E-state index in [0.717, 1.165) is 22.9 Å². The second-order valence-corrected chi connectivity index (χ2v) is 6.62. The summed E-state index contributed by atoms with van der Waals surface area (Å²) >= 11 is 0. The van der Waals surface area contributed by atoms with Crippen LogP contribution in [0.15, 0.2) is 30.3 Å². The van der Waals surface area contributed by atoms with E-state index in [1.807, 2.05) is 39.0 Å². The van der Waals surface area contributed by atoms with Crippen molar-refractivity contribution in [3.63, 3.8) is 0 Å². The number of rotatable bonds is 4. The molecular formula is C18H25N3O2. The summed E-state index contributed by atoms with van der Waals surface area (Å²) in [6.45, 7) is 10.2. The number of hydrogen-bond acceptors (Lipinski definition) is 3. The van der Waals surface area contributed by atoms with E-state index in [1.54, 1.807) is 0 Å². The van der Waals surface area contributed by atoms with E-state index in [4.69, 9.17) is 4.74 Å². The van der Waals surface area contributed by atoms with Gasteiger partial charge in [0.2, 0.25) is 0 Å². The Morgan fingerprint density at radius 1 is 1.17 bits per heavy atom. The van der Waals surface area contributed by atoms with E-state index in [9.17, 15) is 4.79 Å². The van der Waals surface area contributed by atoms with Crippen LogP contribution in [0.1, 0.15) is 37.9 Å². The second kappa shape index (κ2) is 6.86. The summed E-state index contributed by atoms with van der Waals surface area (Å²) in [5.41, 5.74) is 2.76. The third-order valence-corrected chi connectivity index (χ3v) is 3.34. The molecular weight excluding hydrogens is 290 g/mol. The normalized spacial score (nSPS) is 11.3. The van der Waals surface area contributed by atoms with Gasteiger partial charge in [0.25, 0.3) is 0 Å². The van der Waals surface area contributed by atoms with Gasteiger partial charge in [0.05, 0.1) is 0 Å². The van der Waals surface area contributed by atoms with E-state index < -0.39 is 11.7 Å². The molecule has 1 amide bonds. The number of aromatic nitrogens is 2. The molecule has 0 aromatic carbocycles. The highest BCUT2D eigenvalue weighted by Crippen LogP contribution is 2.14. The van der Waals surface area contributed by atoms with E-state index in [0.29, 0.717) is 13.0 Å². The third kappa shape index (κ3) is 4.84. The smallest absolute Gasteiger partial charge is 0.407 e. The lowest BCUT2D eigenvalue weighted by Gasteiger charge is -2.19. The van der Waals surface area contributed by atoms with E-state index in [1.165, 1.54) is 0 Å². The predicted octanol–water partition coefficient (Wildman–Crippen LogP) is 3.56. The van der Waals surface area contributed by atoms with Crippen molar-refractivity contribution in [2.24, 2.45) is 0 Å². The zero-order chi connectivity index (χ0) is 17.0. The Kier molecular flexibility index (Phi) is 5.08. The Hall–Kier alpha value is -2.30. The molecule has 0 bridgehead atoms. The zero-order valence-electron chi connectivity index (χ0n) is 14.5. The molecule has 2 rings (SSSR count). The van der Waals surface area contributed by atoms with Crippen LogP contribution in [-0.2, 0) is 11.2 Å². The highest BCUT2D eigenvalue weighted by Gasteiger charge is 2.15. The first-order chi connectivity index (χ1) is 10.8. The Morgan fingerprint density at radius 3 is 2.43 bits per heavy atom. The van der Waals surface area contributed by atoms with Crippen LogP contribution in [0.5, 0.6) is 0 Å². The molecule has 0 aliphatic carbocycles. The molecule has 0 aliphatic heterocycles. The van der Waals surface area contributed by atoms with Gasteiger partial charge >= 0.3 is 6.09 Å². The second-order valence-electron chi connectivity index (χ2n) is 6.62. The molecule has 1 N–H and O–H groups in total. The lowest BCUT2D eigenvalue weighted by atomic mass is 10.2. The van der Waals surface area contributed by atoms with Gasteiger partial charge in [-0.25, -0.2) is 9.78 Å². The van der Waals surface area contributed by atoms with Crippen molar-refractivity contribution < 1.29 is 9.53 Å². The van der Waals surface area contributed by atoms with Gasteiger partial charge in [-0.1, -0.05) is 6.07 Å². The van der Waals surface area contributed by atoms with Crippen LogP contribution in [0.2, 0.25) is 0 Å². The molecule has 0 unspecified atom stereocenters. The zero-order valence-corrected chi connectivity index (χ0v) is 14.5. The minimum absolute atomic E-state index is 0.397. The summed E-state index contributed by atoms with van der Waals surface area (Å²) in [6.07, 6.45) is 0.262. The fourth-order valence-electron chi connectivity index (χ4n) is 2.37. The van der Waals surface area contributed by atoms with Gasteiger partial charge in [0, 0.05) is 30.0 Å². The third-order valence-electron chi connectivity index (χ3n) is 3.34. The first-order valence-corrected chi connectivity index (χ1v) is 7.84. The summed E-state index contributed by atoms with van der Waals surface area (Å²) < 4.78 is 7.33. The van der Waals surface area contributed by atoms with Crippen molar-refractivity contribution in [3.05, 3.63) is 47.4 Å². The van der Waals surface area contributed by atoms with Crippen LogP contribution in [0.25, 0.3) is 5.82 Å². The summed E-state index contributed by atoms with van der Waals surface area (Å²) in [5.74, 6) is 0.903. The minimum Gasteiger partial charge on any atom is -0.444 e. The van der Waals surface area contributed by atoms with Crippen LogP contribution < -0.4 is 5.32 Å². The molecule has 5 heteroatoms. The fraction of sp³-hybridized carbons (Fsp3) is 0.444. The lowest BCUT2D eigenvalue weighted by molar-refractivity contribution is 0.0528. The highest BCUT2D eigenvalue weighted by molar-refractivity contribution is 5.67. The molecule has 2 heterocycles. The van der Waals surface area contributed by atoms with Crippen molar-refractivity contribution in [2.45, 2.75) is 46.6 Å². The number of amides is 1. The molecule has 0 saturated carbocycles. The van der Waals surface area contributed by atoms with Crippen LogP contribution >= 0.6 is 0 Å². The molecule has 2 aromatic rings. The van der Waals surface area contributed by atoms with Gasteiger partial charge in [0.15, 0.2) is 0 Å². The maximum Gasteiger partial charge on any atom is 0.407 e. The van der Waals surface area contributed by atoms with Crippen molar-refractivity contribution in [3.8, 4) is 5.82 Å². The monoisotopic (exact) mass is 315 g/mol. The number of carbonyl (C=O) groups is 1. The average Bonchev–Trinajstić information content (AvgIpc) is 2.76. The molecule has 0 atom stereocenters. The predicted molar refractivity (Wildman–Crippen MR) is 91.0 cm³/mol. The molecule has 2 aromatic heterocycles. The summed E-state index contributed by atoms with van der Waals surface area (Å²) in [4.78, 5) is 16.3. The van der Waals surface area contributed by atoms with Gasteiger partial charge < -0.3 is 14.6 Å². The Morgan fingerprint density at radius 2 is 1.83 bits per heavy atom. The summed E-state index contributed by atoms with van der Waals surface area (Å²) in [7, 11) is 0. The molecule has 0 aliphatic rings. The van der Waals surface area contributed by atoms with Crippen molar-refractivity contribution >= 4 is 6.09 Å². The number of alkyl carbamates (subject to hydrolysis) is 1. The molecule has 5 nitrogen and oxygen atoms in total. The SMILES string of the molecule is Cc1ccc(C)n1-c1cccc(CCNC(=O)OC(C)(C)C)n1. The summed E-state index contributed by atoms with van der Waals surface area (Å²) in [6, 6.07) is 10.1. The van der Waals surface area contributed by atoms with Gasteiger partial charge in [-0.2, -0.15) is 0 Å². The Balaban J connectivity index is 1.98. The van der Waals surface area contributed by atoms with Crippen LogP contribution in [0, 0.1) is 13.8 Å². The Bertz CT molecular complexity index is 664. The van der Waals surface area contributed by atoms with Gasteiger partial charge in [0.1, 0.15) is 11.4 Å². The van der Waals surface area contributed by atoms with Crippen molar-refractivity contribution in [1.29, 1.82) is 0 Å². The van der Waals surface area contributed by atoms with E-state index >= 15 is 0 Å². The van der Waals surface area contributed by atoms with Crippen LogP contribution in [0.3, 0.4) is 0 Å². The van der Waals surface area contributed by atoms with E-state index in [-0.39, 0.29) is 0 Å². The topological polar surface area (TPSA) is 56.2 Å². The number of carbonyl (C=O) groups excluding carboxylic acids is 1. The van der Waals surface area contributed by atoms with Crippen molar-refractivity contribution in [2.75, 3.05) is 6.54 Å². The van der Waals surface area contributed by atoms with Gasteiger partial charge in [-0.3, -0.25) is 0 Å². The van der Waals surface area contributed by atoms with Gasteiger partial charge in [-0.05, 0) is 58.9 Å². The average molecular weight is 315 g/mol. The summed E-state index contributed by atoms with van der Waals surface area (Å²) in [5, 5.41) is 2.76. The van der Waals surface area contributed by atoms with E-state index in [2.05, 4.69) is 40.8 Å². The highest BCUT2D eigenvalue weighted by atomic mass is 16.6. The molecule has 23 heavy (non-hydrogen) atoms. The first-order valence-electron chi connectivity index (χ1n) is 7.84. The number of nitrogens with zero attached hydrogens (tertiary/aromatic N) is 2. The number of nitrogens with one attached hydrogen (secondary N) is 1. The molecule has 0 fully saturated rings. The number of pyridine rings is 1. The first kappa shape index (κ1) is 17.1. The van der Waals surface area contributed by atoms with Crippen LogP contribution in [-0.4, -0.2) is 27.8 Å². The number of hydrogen-bond donors (Lipinski definition) is 1. The van der Waals surface area contributed by atoms with Crippen molar-refractivity contribution in [1.82, 2.24) is 14.9 Å². The fourth-order valence-corrected chi connectivity index (χ4v) is 2.37. The van der Waals surface area contributed by atoms with Crippen LogP contribution in [0.4, 0.5) is 4.79 Å². The minimum atomic E-state index is -0.480. The van der Waals surface area contributed by atoms with Gasteiger partial charge in [-0.15, -0.1) is 0 Å². The Labute approximate surface area is 137 Å². The largest absolute Gasteiger partial charge is 0.444 e. The quantitative estimate of drug-likeness (QED) is 0.938. The standard InChI is InChI=1S/C18H25N3O2/c1-13-9-10-14(2)21(13)16-8-6-7-15(20-16)11-12-19-17(22)23-18(3,4)5/h6-10H,11-12H2,1-5H3,(H,19,22). The maximum atomic E-state index is 11.6. The lowest BCUT2D eigenvalue weighted by Crippen LogP contribution is -2.33. The molecule has 0 saturated heterocycles. The molecule has 0 spiro atoms. The maximum absolute atomic E-state index is 11.6. The number of ether oxygens (including phenoxy) is 1. The molecule has 0 radical (unpaired) electrons. The number of aryl methyl sites for hydroxylation is 2.